The number of carboxylic acid groups (broad SMARTS) is 1. The molecular weight excluding hydrogens is 580 g/mol. The average Bonchev–Trinajstić information content (AvgIpc) is 3.41. The molecule has 8 nitrogen and oxygen atoms in total. The highest BCUT2D eigenvalue weighted by molar-refractivity contribution is 7.99. The number of ether oxygens (including phenoxy) is 2. The van der Waals surface area contributed by atoms with Gasteiger partial charge in [-0.05, 0) is 42.0 Å². The van der Waals surface area contributed by atoms with Crippen molar-refractivity contribution in [2.75, 3.05) is 30.4 Å². The maximum absolute atomic E-state index is 13.6. The molecule has 1 N–H and O–H groups in total. The van der Waals surface area contributed by atoms with Crippen LogP contribution in [0.2, 0.25) is 10.0 Å². The van der Waals surface area contributed by atoms with E-state index in [0.29, 0.717) is 29.4 Å². The van der Waals surface area contributed by atoms with Gasteiger partial charge in [0.05, 0.1) is 24.0 Å². The Morgan fingerprint density at radius 2 is 1.93 bits per heavy atom. The molecule has 2 heterocycles. The molecule has 3 aromatic carbocycles. The van der Waals surface area contributed by atoms with Crippen LogP contribution in [0, 0.1) is 5.82 Å². The highest BCUT2D eigenvalue weighted by Crippen LogP contribution is 2.42. The van der Waals surface area contributed by atoms with Gasteiger partial charge in [-0.25, -0.2) is 14.0 Å². The van der Waals surface area contributed by atoms with Crippen molar-refractivity contribution >= 4 is 52.7 Å². The zero-order valence-electron chi connectivity index (χ0n) is 20.9. The largest absolute Gasteiger partial charge is 0.488 e. The Labute approximate surface area is 243 Å². The van der Waals surface area contributed by atoms with Gasteiger partial charge in [0.25, 0.3) is 0 Å². The Morgan fingerprint density at radius 3 is 2.75 bits per heavy atom. The first kappa shape index (κ1) is 27.8. The molecular formula is C28H22Cl2FN3O5S. The fraction of sp³-hybridized carbons (Fsp3) is 0.179. The molecule has 12 heteroatoms. The summed E-state index contributed by atoms with van der Waals surface area (Å²) in [6, 6.07) is 14.5. The predicted octanol–water partition coefficient (Wildman–Crippen LogP) is 6.87. The lowest BCUT2D eigenvalue weighted by atomic mass is 10.1. The average molecular weight is 602 g/mol. The number of benzene rings is 3. The third-order valence-electron chi connectivity index (χ3n) is 6.12. The molecule has 1 aromatic heterocycles. The minimum absolute atomic E-state index is 0.0168. The number of halogens is 3. The number of carboxylic acids is 1. The molecule has 0 unspecified atom stereocenters. The number of rotatable bonds is 8. The summed E-state index contributed by atoms with van der Waals surface area (Å²) in [6.07, 6.45) is 3.06. The van der Waals surface area contributed by atoms with Crippen LogP contribution in [-0.4, -0.2) is 52.5 Å². The predicted molar refractivity (Wildman–Crippen MR) is 151 cm³/mol. The molecule has 0 radical (unpaired) electrons. The first-order chi connectivity index (χ1) is 19.3. The van der Waals surface area contributed by atoms with Gasteiger partial charge in [-0.2, -0.15) is 5.10 Å². The molecule has 0 fully saturated rings. The van der Waals surface area contributed by atoms with Gasteiger partial charge in [0.15, 0.2) is 0 Å². The van der Waals surface area contributed by atoms with E-state index in [2.05, 4.69) is 5.10 Å². The van der Waals surface area contributed by atoms with E-state index in [-0.39, 0.29) is 29.5 Å². The van der Waals surface area contributed by atoms with Crippen molar-refractivity contribution in [1.82, 2.24) is 9.78 Å². The zero-order chi connectivity index (χ0) is 28.2. The van der Waals surface area contributed by atoms with Crippen molar-refractivity contribution in [2.24, 2.45) is 0 Å². The molecule has 0 bridgehead atoms. The van der Waals surface area contributed by atoms with Gasteiger partial charge in [0.2, 0.25) is 0 Å². The molecule has 206 valence electrons. The fourth-order valence-corrected chi connectivity index (χ4v) is 5.72. The molecule has 1 amide bonds. The van der Waals surface area contributed by atoms with Crippen molar-refractivity contribution in [3.8, 4) is 16.9 Å². The molecule has 0 aliphatic carbocycles. The van der Waals surface area contributed by atoms with E-state index in [1.165, 1.54) is 30.3 Å². The SMILES string of the molecule is O=C(O)c1ccc(Cl)c(Cn2cc(-c3cccc4c3SCCN4C(=O)OCCOc3cccc(F)c3Cl)cn2)c1. The van der Waals surface area contributed by atoms with E-state index in [1.54, 1.807) is 33.6 Å². The Kier molecular flexibility index (Phi) is 8.49. The van der Waals surface area contributed by atoms with Gasteiger partial charge < -0.3 is 14.6 Å². The summed E-state index contributed by atoms with van der Waals surface area (Å²) in [5.41, 5.74) is 3.25. The second kappa shape index (κ2) is 12.2. The first-order valence-corrected chi connectivity index (χ1v) is 13.9. The number of thioether (sulfide) groups is 1. The second-order valence-corrected chi connectivity index (χ2v) is 10.6. The number of carbonyl (C=O) groups excluding carboxylic acids is 1. The van der Waals surface area contributed by atoms with Crippen molar-refractivity contribution in [3.05, 3.63) is 94.0 Å². The van der Waals surface area contributed by atoms with Crippen LogP contribution in [0.3, 0.4) is 0 Å². The third-order valence-corrected chi connectivity index (χ3v) is 7.96. The van der Waals surface area contributed by atoms with Crippen LogP contribution in [0.15, 0.2) is 71.9 Å². The van der Waals surface area contributed by atoms with Gasteiger partial charge in [-0.3, -0.25) is 9.58 Å². The van der Waals surface area contributed by atoms with Crippen LogP contribution in [0.25, 0.3) is 11.1 Å². The number of amides is 1. The molecule has 1 aliphatic heterocycles. The molecule has 40 heavy (non-hydrogen) atoms. The highest BCUT2D eigenvalue weighted by atomic mass is 35.5. The van der Waals surface area contributed by atoms with Crippen LogP contribution in [0.1, 0.15) is 15.9 Å². The number of hydrogen-bond donors (Lipinski definition) is 1. The third kappa shape index (κ3) is 6.04. The Hall–Kier alpha value is -3.73. The van der Waals surface area contributed by atoms with Gasteiger partial charge in [0.1, 0.15) is 29.8 Å². The number of aromatic carboxylic acids is 1. The lowest BCUT2D eigenvalue weighted by molar-refractivity contribution is 0.0696. The fourth-order valence-electron chi connectivity index (χ4n) is 4.21. The van der Waals surface area contributed by atoms with E-state index < -0.39 is 17.9 Å². The standard InChI is InChI=1S/C28H22Cl2FN3O5S/c29-21-8-7-17(27(35)36)13-18(21)15-33-16-19(14-32-33)20-3-1-5-23-26(20)40-12-9-34(23)28(37)39-11-10-38-24-6-2-4-22(31)25(24)30/h1-8,13-14,16H,9-12,15H2,(H,35,36). The van der Waals surface area contributed by atoms with Crippen molar-refractivity contribution < 1.29 is 28.6 Å². The molecule has 0 atom stereocenters. The minimum Gasteiger partial charge on any atom is -0.488 e. The zero-order valence-corrected chi connectivity index (χ0v) is 23.2. The normalized spacial score (nSPS) is 12.6. The smallest absolute Gasteiger partial charge is 0.414 e. The molecule has 5 rings (SSSR count). The highest BCUT2D eigenvalue weighted by Gasteiger charge is 2.26. The summed E-state index contributed by atoms with van der Waals surface area (Å²) in [5.74, 6) is -0.769. The van der Waals surface area contributed by atoms with E-state index >= 15 is 0 Å². The van der Waals surface area contributed by atoms with Crippen LogP contribution >= 0.6 is 35.0 Å². The number of carbonyl (C=O) groups is 2. The van der Waals surface area contributed by atoms with Crippen LogP contribution in [0.5, 0.6) is 5.75 Å². The lowest BCUT2D eigenvalue weighted by Crippen LogP contribution is -2.36. The maximum atomic E-state index is 13.6. The molecule has 1 aliphatic rings. The van der Waals surface area contributed by atoms with Crippen LogP contribution < -0.4 is 9.64 Å². The monoisotopic (exact) mass is 601 g/mol. The number of aromatic nitrogens is 2. The van der Waals surface area contributed by atoms with E-state index in [4.69, 9.17) is 32.7 Å². The summed E-state index contributed by atoms with van der Waals surface area (Å²) < 4.78 is 26.1. The topological polar surface area (TPSA) is 93.9 Å². The van der Waals surface area contributed by atoms with Crippen molar-refractivity contribution in [2.45, 2.75) is 11.4 Å². The van der Waals surface area contributed by atoms with Crippen molar-refractivity contribution in [1.29, 1.82) is 0 Å². The number of anilines is 1. The summed E-state index contributed by atoms with van der Waals surface area (Å²) in [6.45, 7) is 0.739. The van der Waals surface area contributed by atoms with Gasteiger partial charge in [-0.15, -0.1) is 11.8 Å². The van der Waals surface area contributed by atoms with E-state index in [0.717, 1.165) is 21.7 Å². The van der Waals surface area contributed by atoms with Crippen molar-refractivity contribution in [3.63, 3.8) is 0 Å². The Bertz CT molecular complexity index is 1580. The maximum Gasteiger partial charge on any atom is 0.414 e. The quantitative estimate of drug-likeness (QED) is 0.220. The summed E-state index contributed by atoms with van der Waals surface area (Å²) in [7, 11) is 0. The van der Waals surface area contributed by atoms with Gasteiger partial charge >= 0.3 is 12.1 Å². The van der Waals surface area contributed by atoms with E-state index in [9.17, 15) is 19.1 Å². The van der Waals surface area contributed by atoms with E-state index in [1.807, 2.05) is 24.4 Å². The summed E-state index contributed by atoms with van der Waals surface area (Å²) in [4.78, 5) is 26.8. The first-order valence-electron chi connectivity index (χ1n) is 12.1. The number of nitrogens with zero attached hydrogens (tertiary/aromatic N) is 3. The Balaban J connectivity index is 1.27. The molecule has 0 spiro atoms. The lowest BCUT2D eigenvalue weighted by Gasteiger charge is -2.29. The van der Waals surface area contributed by atoms with Gasteiger partial charge in [-0.1, -0.05) is 41.4 Å². The molecule has 4 aromatic rings. The summed E-state index contributed by atoms with van der Waals surface area (Å²) >= 11 is 13.8. The minimum atomic E-state index is -1.03. The Morgan fingerprint density at radius 1 is 1.10 bits per heavy atom. The van der Waals surface area contributed by atoms with Crippen LogP contribution in [0.4, 0.5) is 14.9 Å². The summed E-state index contributed by atoms with van der Waals surface area (Å²) in [5, 5.41) is 14.1. The molecule has 0 saturated heterocycles. The number of fused-ring (bicyclic) bond motifs is 1. The van der Waals surface area contributed by atoms with Gasteiger partial charge in [0, 0.05) is 39.5 Å². The number of hydrogen-bond acceptors (Lipinski definition) is 6. The second-order valence-electron chi connectivity index (χ2n) is 8.71. The van der Waals surface area contributed by atoms with Crippen LogP contribution in [-0.2, 0) is 11.3 Å². The molecule has 0 saturated carbocycles.